The van der Waals surface area contributed by atoms with E-state index in [0.29, 0.717) is 48.1 Å². The molecule has 0 amide bonds. The number of benzene rings is 2. The molecule has 10 heteroatoms. The number of hydrogen-bond acceptors (Lipinski definition) is 7. The number of rotatable bonds is 5. The van der Waals surface area contributed by atoms with Gasteiger partial charge in [0.1, 0.15) is 18.2 Å². The molecule has 0 unspecified atom stereocenters. The van der Waals surface area contributed by atoms with Crippen LogP contribution in [0.1, 0.15) is 36.5 Å². The average Bonchev–Trinajstić information content (AvgIpc) is 3.13. The second-order valence-electron chi connectivity index (χ2n) is 7.26. The Labute approximate surface area is 183 Å². The molecule has 0 aliphatic carbocycles. The number of fused-ring (bicyclic) bond motifs is 1. The van der Waals surface area contributed by atoms with Crippen molar-refractivity contribution >= 4 is 11.6 Å². The Morgan fingerprint density at radius 2 is 2.06 bits per heavy atom. The standard InChI is InChI=1S/C22H23FN6O3/c1-4-20(25-24-17-11-12-31-19-10-6-8-16(23)21(17)19)32-13-15-14(2)7-5-9-18(15)29-22(30)28(3)26-27-29/h5-10H,4,11-13H2,1-3H3/b24-17?,25-20+. The van der Waals surface area contributed by atoms with Crippen LogP contribution in [-0.4, -0.2) is 38.0 Å². The van der Waals surface area contributed by atoms with E-state index in [4.69, 9.17) is 9.47 Å². The molecule has 4 rings (SSSR count). The summed E-state index contributed by atoms with van der Waals surface area (Å²) in [6.07, 6.45) is 0.940. The van der Waals surface area contributed by atoms with E-state index < -0.39 is 5.82 Å². The number of hydrogen-bond donors (Lipinski definition) is 0. The maximum absolute atomic E-state index is 14.3. The monoisotopic (exact) mass is 438 g/mol. The third-order valence-electron chi connectivity index (χ3n) is 5.16. The second kappa shape index (κ2) is 9.13. The van der Waals surface area contributed by atoms with Gasteiger partial charge in [0.25, 0.3) is 0 Å². The van der Waals surface area contributed by atoms with E-state index in [0.717, 1.165) is 15.8 Å². The summed E-state index contributed by atoms with van der Waals surface area (Å²) < 4.78 is 28.1. The van der Waals surface area contributed by atoms with Crippen LogP contribution >= 0.6 is 0 Å². The zero-order valence-electron chi connectivity index (χ0n) is 18.1. The van der Waals surface area contributed by atoms with Gasteiger partial charge in [-0.1, -0.05) is 25.1 Å². The molecule has 9 nitrogen and oxygen atoms in total. The average molecular weight is 438 g/mol. The molecule has 0 radical (unpaired) electrons. The summed E-state index contributed by atoms with van der Waals surface area (Å²) in [7, 11) is 1.54. The topological polar surface area (TPSA) is 95.9 Å². The number of tetrazole rings is 1. The molecular formula is C22H23FN6O3. The second-order valence-corrected chi connectivity index (χ2v) is 7.26. The molecule has 0 bridgehead atoms. The Balaban J connectivity index is 1.60. The lowest BCUT2D eigenvalue weighted by atomic mass is 10.0. The Bertz CT molecular complexity index is 1260. The molecule has 3 aromatic rings. The first-order valence-electron chi connectivity index (χ1n) is 10.2. The summed E-state index contributed by atoms with van der Waals surface area (Å²) in [6.45, 7) is 4.39. The highest BCUT2D eigenvalue weighted by Gasteiger charge is 2.21. The van der Waals surface area contributed by atoms with E-state index >= 15 is 0 Å². The van der Waals surface area contributed by atoms with Gasteiger partial charge in [0, 0.05) is 25.5 Å². The molecule has 0 saturated carbocycles. The summed E-state index contributed by atoms with van der Waals surface area (Å²) in [4.78, 5) is 12.3. The van der Waals surface area contributed by atoms with Crippen LogP contribution in [0.3, 0.4) is 0 Å². The predicted molar refractivity (Wildman–Crippen MR) is 117 cm³/mol. The van der Waals surface area contributed by atoms with Gasteiger partial charge in [-0.05, 0) is 41.1 Å². The van der Waals surface area contributed by atoms with Gasteiger partial charge in [0.05, 0.1) is 23.6 Å². The van der Waals surface area contributed by atoms with Crippen molar-refractivity contribution in [2.24, 2.45) is 17.3 Å². The molecule has 2 heterocycles. The number of aryl methyl sites for hydroxylation is 2. The van der Waals surface area contributed by atoms with E-state index in [1.165, 1.54) is 17.8 Å². The van der Waals surface area contributed by atoms with Gasteiger partial charge in [-0.15, -0.1) is 5.10 Å². The van der Waals surface area contributed by atoms with Crippen LogP contribution in [0.2, 0.25) is 0 Å². The van der Waals surface area contributed by atoms with Crippen LogP contribution < -0.4 is 10.4 Å². The van der Waals surface area contributed by atoms with Gasteiger partial charge in [-0.2, -0.15) is 14.5 Å². The zero-order chi connectivity index (χ0) is 22.7. The Hall–Kier alpha value is -3.82. The van der Waals surface area contributed by atoms with Crippen LogP contribution in [0.5, 0.6) is 5.75 Å². The van der Waals surface area contributed by atoms with Gasteiger partial charge in [-0.3, -0.25) is 0 Å². The van der Waals surface area contributed by atoms with E-state index in [1.807, 2.05) is 26.0 Å². The summed E-state index contributed by atoms with van der Waals surface area (Å²) in [5.74, 6) is 0.458. The fraction of sp³-hybridized carbons (Fsp3) is 0.318. The maximum atomic E-state index is 14.3. The van der Waals surface area contributed by atoms with Crippen LogP contribution in [-0.2, 0) is 18.4 Å². The molecule has 0 atom stereocenters. The Morgan fingerprint density at radius 3 is 2.81 bits per heavy atom. The van der Waals surface area contributed by atoms with E-state index in [2.05, 4.69) is 20.6 Å². The lowest BCUT2D eigenvalue weighted by Gasteiger charge is -2.18. The van der Waals surface area contributed by atoms with Gasteiger partial charge in [-0.25, -0.2) is 9.18 Å². The van der Waals surface area contributed by atoms with E-state index in [-0.39, 0.29) is 12.3 Å². The minimum absolute atomic E-state index is 0.163. The quantitative estimate of drug-likeness (QED) is 0.347. The van der Waals surface area contributed by atoms with Crippen LogP contribution in [0.25, 0.3) is 5.69 Å². The molecule has 1 aliphatic rings. The van der Waals surface area contributed by atoms with Crippen molar-refractivity contribution in [1.82, 2.24) is 19.8 Å². The zero-order valence-corrected chi connectivity index (χ0v) is 18.1. The number of aromatic nitrogens is 4. The third kappa shape index (κ3) is 4.16. The lowest BCUT2D eigenvalue weighted by Crippen LogP contribution is -2.23. The summed E-state index contributed by atoms with van der Waals surface area (Å²) >= 11 is 0. The minimum atomic E-state index is -0.394. The lowest BCUT2D eigenvalue weighted by molar-refractivity contribution is 0.282. The predicted octanol–water partition coefficient (Wildman–Crippen LogP) is 2.93. The molecule has 32 heavy (non-hydrogen) atoms. The van der Waals surface area contributed by atoms with Gasteiger partial charge >= 0.3 is 5.69 Å². The Kier molecular flexibility index (Phi) is 6.11. The SMILES string of the molecule is CC/C(=N\N=C1CCOc2cccc(F)c21)OCc1c(C)cccc1-n1nnn(C)c1=O. The van der Waals surface area contributed by atoms with Crippen molar-refractivity contribution < 1.29 is 13.9 Å². The number of halogens is 1. The van der Waals surface area contributed by atoms with Gasteiger partial charge in [0.2, 0.25) is 5.90 Å². The smallest absolute Gasteiger partial charge is 0.368 e. The fourth-order valence-corrected chi connectivity index (χ4v) is 3.40. The number of ether oxygens (including phenoxy) is 2. The molecule has 0 N–H and O–H groups in total. The molecule has 0 fully saturated rings. The molecular weight excluding hydrogens is 415 g/mol. The highest BCUT2D eigenvalue weighted by atomic mass is 19.1. The number of nitrogens with zero attached hydrogens (tertiary/aromatic N) is 6. The van der Waals surface area contributed by atoms with Gasteiger partial charge < -0.3 is 9.47 Å². The molecule has 0 saturated heterocycles. The van der Waals surface area contributed by atoms with Crippen molar-refractivity contribution in [2.45, 2.75) is 33.3 Å². The van der Waals surface area contributed by atoms with Crippen molar-refractivity contribution in [1.29, 1.82) is 0 Å². The van der Waals surface area contributed by atoms with Crippen molar-refractivity contribution in [3.8, 4) is 11.4 Å². The molecule has 1 aliphatic heterocycles. The van der Waals surface area contributed by atoms with E-state index in [1.54, 1.807) is 18.2 Å². The highest BCUT2D eigenvalue weighted by molar-refractivity contribution is 6.04. The molecule has 1 aromatic heterocycles. The van der Waals surface area contributed by atoms with Crippen LogP contribution in [0.4, 0.5) is 4.39 Å². The molecule has 166 valence electrons. The highest BCUT2D eigenvalue weighted by Crippen LogP contribution is 2.27. The normalized spacial score (nSPS) is 14.9. The summed E-state index contributed by atoms with van der Waals surface area (Å²) in [5, 5.41) is 16.2. The summed E-state index contributed by atoms with van der Waals surface area (Å²) in [6, 6.07) is 10.2. The van der Waals surface area contributed by atoms with Crippen molar-refractivity contribution in [3.05, 3.63) is 69.4 Å². The van der Waals surface area contributed by atoms with Crippen molar-refractivity contribution in [2.75, 3.05) is 6.61 Å². The maximum Gasteiger partial charge on any atom is 0.368 e. The molecule has 2 aromatic carbocycles. The van der Waals surface area contributed by atoms with Gasteiger partial charge in [0.15, 0.2) is 0 Å². The fourth-order valence-electron chi connectivity index (χ4n) is 3.40. The minimum Gasteiger partial charge on any atom is -0.492 e. The van der Waals surface area contributed by atoms with E-state index in [9.17, 15) is 9.18 Å². The summed E-state index contributed by atoms with van der Waals surface area (Å²) in [5.41, 5.74) is 2.80. The van der Waals surface area contributed by atoms with Crippen LogP contribution in [0.15, 0.2) is 51.4 Å². The third-order valence-corrected chi connectivity index (χ3v) is 5.16. The first-order chi connectivity index (χ1) is 15.5. The van der Waals surface area contributed by atoms with Crippen molar-refractivity contribution in [3.63, 3.8) is 0 Å². The Morgan fingerprint density at radius 1 is 1.25 bits per heavy atom. The largest absolute Gasteiger partial charge is 0.492 e. The molecule has 0 spiro atoms. The first-order valence-corrected chi connectivity index (χ1v) is 10.2. The first kappa shape index (κ1) is 21.4. The van der Waals surface area contributed by atoms with Crippen LogP contribution in [0, 0.1) is 12.7 Å².